The summed E-state index contributed by atoms with van der Waals surface area (Å²) in [7, 11) is 4.01. The van der Waals surface area contributed by atoms with E-state index in [1.807, 2.05) is 43.3 Å². The topological polar surface area (TPSA) is 85.3 Å². The van der Waals surface area contributed by atoms with E-state index in [9.17, 15) is 9.90 Å². The molecule has 3 heterocycles. The van der Waals surface area contributed by atoms with E-state index in [2.05, 4.69) is 34.3 Å². The first-order chi connectivity index (χ1) is 18.3. The highest BCUT2D eigenvalue weighted by molar-refractivity contribution is 5.95. The van der Waals surface area contributed by atoms with Crippen LogP contribution in [0.2, 0.25) is 0 Å². The zero-order valence-electron chi connectivity index (χ0n) is 22.4. The number of aromatic nitrogens is 2. The Bertz CT molecular complexity index is 1340. The monoisotopic (exact) mass is 516 g/mol. The molecule has 1 aromatic heterocycles. The molecular formula is C29H36N6O3. The molecule has 9 heteroatoms. The lowest BCUT2D eigenvalue weighted by Crippen LogP contribution is -2.54. The maximum atomic E-state index is 12.2. The molecule has 1 amide bonds. The van der Waals surface area contributed by atoms with Gasteiger partial charge in [-0.2, -0.15) is 9.97 Å². The van der Waals surface area contributed by atoms with Crippen LogP contribution in [0.25, 0.3) is 10.8 Å². The summed E-state index contributed by atoms with van der Waals surface area (Å²) in [6.45, 7) is 10.3. The minimum Gasteiger partial charge on any atom is -0.508 e. The Labute approximate surface area is 223 Å². The fourth-order valence-electron chi connectivity index (χ4n) is 5.35. The molecule has 38 heavy (non-hydrogen) atoms. The van der Waals surface area contributed by atoms with E-state index in [0.29, 0.717) is 38.8 Å². The lowest BCUT2D eigenvalue weighted by atomic mass is 10.0. The molecule has 9 nitrogen and oxygen atoms in total. The highest BCUT2D eigenvalue weighted by Crippen LogP contribution is 2.36. The lowest BCUT2D eigenvalue weighted by molar-refractivity contribution is -0.126. The third-order valence-corrected chi connectivity index (χ3v) is 7.34. The van der Waals surface area contributed by atoms with Crippen LogP contribution in [-0.2, 0) is 17.8 Å². The zero-order valence-corrected chi connectivity index (χ0v) is 22.4. The summed E-state index contributed by atoms with van der Waals surface area (Å²) in [5, 5.41) is 12.5. The Morgan fingerprint density at radius 3 is 2.79 bits per heavy atom. The number of hydrogen-bond donors (Lipinski definition) is 1. The van der Waals surface area contributed by atoms with Crippen molar-refractivity contribution in [3.8, 4) is 11.8 Å². The molecule has 3 aromatic rings. The number of anilines is 2. The van der Waals surface area contributed by atoms with Crippen LogP contribution >= 0.6 is 0 Å². The summed E-state index contributed by atoms with van der Waals surface area (Å²) in [4.78, 5) is 30.4. The number of phenolic OH excluding ortho intramolecular Hbond substituents is 1. The van der Waals surface area contributed by atoms with Crippen LogP contribution < -0.4 is 14.5 Å². The molecule has 1 atom stereocenters. The van der Waals surface area contributed by atoms with Crippen molar-refractivity contribution in [3.05, 3.63) is 60.3 Å². The number of carbonyl (C=O) groups excluding carboxylic acids is 1. The van der Waals surface area contributed by atoms with Gasteiger partial charge < -0.3 is 29.4 Å². The summed E-state index contributed by atoms with van der Waals surface area (Å²) in [5.41, 5.74) is 3.05. The molecule has 0 saturated carbocycles. The summed E-state index contributed by atoms with van der Waals surface area (Å²) in [5.74, 6) is 1.11. The first kappa shape index (κ1) is 25.8. The largest absolute Gasteiger partial charge is 0.508 e. The molecule has 1 N–H and O–H groups in total. The van der Waals surface area contributed by atoms with Crippen molar-refractivity contribution in [3.63, 3.8) is 0 Å². The molecule has 0 spiro atoms. The van der Waals surface area contributed by atoms with E-state index in [4.69, 9.17) is 14.7 Å². The molecule has 200 valence electrons. The SMILES string of the molecule is C=CC(=O)N1CCN(c2nc(OCCN(C)C)nc3c2CCN(c2cc(O)cc4ccccc24)C3)[C@@H](C)C1. The van der Waals surface area contributed by atoms with Gasteiger partial charge in [-0.15, -0.1) is 0 Å². The second-order valence-corrected chi connectivity index (χ2v) is 10.3. The number of carbonyl (C=O) groups is 1. The third-order valence-electron chi connectivity index (χ3n) is 7.34. The zero-order chi connectivity index (χ0) is 26.8. The number of rotatable bonds is 7. The highest BCUT2D eigenvalue weighted by atomic mass is 16.5. The van der Waals surface area contributed by atoms with Crippen LogP contribution in [0.3, 0.4) is 0 Å². The van der Waals surface area contributed by atoms with Crippen LogP contribution in [-0.4, -0.2) is 90.2 Å². The molecule has 2 aromatic carbocycles. The van der Waals surface area contributed by atoms with Crippen LogP contribution in [0.15, 0.2) is 49.1 Å². The van der Waals surface area contributed by atoms with Gasteiger partial charge in [0, 0.05) is 61.5 Å². The van der Waals surface area contributed by atoms with Gasteiger partial charge in [0.25, 0.3) is 0 Å². The van der Waals surface area contributed by atoms with Gasteiger partial charge in [-0.05, 0) is 45.0 Å². The van der Waals surface area contributed by atoms with Gasteiger partial charge >= 0.3 is 6.01 Å². The molecule has 2 aliphatic rings. The first-order valence-corrected chi connectivity index (χ1v) is 13.2. The van der Waals surface area contributed by atoms with E-state index in [0.717, 1.165) is 53.0 Å². The van der Waals surface area contributed by atoms with E-state index in [-0.39, 0.29) is 17.7 Å². The Hall–Kier alpha value is -3.85. The summed E-state index contributed by atoms with van der Waals surface area (Å²) >= 11 is 0. The number of aromatic hydroxyl groups is 1. The van der Waals surface area contributed by atoms with Gasteiger partial charge in [0.1, 0.15) is 18.2 Å². The van der Waals surface area contributed by atoms with Gasteiger partial charge in [0.2, 0.25) is 5.91 Å². The Kier molecular flexibility index (Phi) is 7.37. The van der Waals surface area contributed by atoms with Crippen LogP contribution in [0.4, 0.5) is 11.5 Å². The van der Waals surface area contributed by atoms with Crippen molar-refractivity contribution in [2.24, 2.45) is 0 Å². The van der Waals surface area contributed by atoms with Crippen molar-refractivity contribution >= 4 is 28.2 Å². The number of fused-ring (bicyclic) bond motifs is 2. The Balaban J connectivity index is 1.49. The smallest absolute Gasteiger partial charge is 0.318 e. The van der Waals surface area contributed by atoms with E-state index >= 15 is 0 Å². The number of amides is 1. The predicted molar refractivity (Wildman–Crippen MR) is 150 cm³/mol. The number of phenols is 1. The standard InChI is InChI=1S/C29H36N6O3/c1-5-27(37)34-12-13-35(20(2)18-34)28-24-10-11-33(19-25(24)30-29(31-28)38-15-14-32(3)4)26-17-22(36)16-21-8-6-7-9-23(21)26/h5-9,16-17,20,36H,1,10-15,18-19H2,2-4H3/t20-/m0/s1. The molecule has 5 rings (SSSR count). The molecule has 2 aliphatic heterocycles. The fraction of sp³-hybridized carbons (Fsp3) is 0.414. The van der Waals surface area contributed by atoms with Crippen molar-refractivity contribution in [2.45, 2.75) is 25.9 Å². The fourth-order valence-corrected chi connectivity index (χ4v) is 5.35. The summed E-state index contributed by atoms with van der Waals surface area (Å²) in [6, 6.07) is 12.2. The average Bonchev–Trinajstić information content (AvgIpc) is 2.91. The van der Waals surface area contributed by atoms with Gasteiger partial charge in [0.05, 0.1) is 12.2 Å². The number of benzene rings is 2. The van der Waals surface area contributed by atoms with Crippen LogP contribution in [0.1, 0.15) is 18.2 Å². The quantitative estimate of drug-likeness (QED) is 0.480. The van der Waals surface area contributed by atoms with Gasteiger partial charge in [-0.25, -0.2) is 0 Å². The highest BCUT2D eigenvalue weighted by Gasteiger charge is 2.32. The minimum atomic E-state index is -0.0390. The first-order valence-electron chi connectivity index (χ1n) is 13.2. The van der Waals surface area contributed by atoms with E-state index in [1.165, 1.54) is 6.08 Å². The van der Waals surface area contributed by atoms with Crippen molar-refractivity contribution < 1.29 is 14.6 Å². The Morgan fingerprint density at radius 2 is 2.03 bits per heavy atom. The molecule has 0 radical (unpaired) electrons. The maximum absolute atomic E-state index is 12.2. The number of ether oxygens (including phenoxy) is 1. The molecule has 0 unspecified atom stereocenters. The third kappa shape index (κ3) is 5.24. The van der Waals surface area contributed by atoms with Gasteiger partial charge in [-0.1, -0.05) is 30.8 Å². The number of hydrogen-bond acceptors (Lipinski definition) is 8. The van der Waals surface area contributed by atoms with E-state index in [1.54, 1.807) is 6.07 Å². The lowest BCUT2D eigenvalue weighted by Gasteiger charge is -2.42. The predicted octanol–water partition coefficient (Wildman–Crippen LogP) is 3.06. The minimum absolute atomic E-state index is 0.0390. The molecule has 0 bridgehead atoms. The number of likely N-dealkylation sites (N-methyl/N-ethyl adjacent to an activating group) is 1. The number of nitrogens with zero attached hydrogens (tertiary/aromatic N) is 6. The molecule has 1 saturated heterocycles. The van der Waals surface area contributed by atoms with Crippen molar-refractivity contribution in [1.82, 2.24) is 19.8 Å². The summed E-state index contributed by atoms with van der Waals surface area (Å²) in [6.07, 6.45) is 2.15. The van der Waals surface area contributed by atoms with Gasteiger partial charge in [0.15, 0.2) is 0 Å². The number of piperazine rings is 1. The van der Waals surface area contributed by atoms with Crippen molar-refractivity contribution in [1.29, 1.82) is 0 Å². The molecule has 0 aliphatic carbocycles. The maximum Gasteiger partial charge on any atom is 0.318 e. The Morgan fingerprint density at radius 1 is 1.21 bits per heavy atom. The van der Waals surface area contributed by atoms with Crippen LogP contribution in [0.5, 0.6) is 11.8 Å². The average molecular weight is 517 g/mol. The van der Waals surface area contributed by atoms with E-state index < -0.39 is 0 Å². The van der Waals surface area contributed by atoms with Gasteiger partial charge in [-0.3, -0.25) is 4.79 Å². The summed E-state index contributed by atoms with van der Waals surface area (Å²) < 4.78 is 6.03. The van der Waals surface area contributed by atoms with Crippen molar-refractivity contribution in [2.75, 3.05) is 63.2 Å². The molecule has 1 fully saturated rings. The van der Waals surface area contributed by atoms with Crippen LogP contribution in [0, 0.1) is 0 Å². The second kappa shape index (κ2) is 10.9. The second-order valence-electron chi connectivity index (χ2n) is 10.3. The molecular weight excluding hydrogens is 480 g/mol. The normalized spacial score (nSPS) is 17.6.